The molecular formula is C28H15BN2O2. The maximum absolute atomic E-state index is 6.29. The van der Waals surface area contributed by atoms with Crippen molar-refractivity contribution in [2.75, 3.05) is 0 Å². The quantitative estimate of drug-likeness (QED) is 0.359. The van der Waals surface area contributed by atoms with Gasteiger partial charge in [0, 0.05) is 36.3 Å². The number of nitrogens with zero attached hydrogens (tertiary/aromatic N) is 2. The molecule has 3 aliphatic rings. The normalized spacial score (nSPS) is 14.5. The number of pyridine rings is 2. The third kappa shape index (κ3) is 2.82. The van der Waals surface area contributed by atoms with Crippen LogP contribution in [0, 0.1) is 0 Å². The van der Waals surface area contributed by atoms with Crippen LogP contribution in [0.3, 0.4) is 0 Å². The molecule has 0 fully saturated rings. The highest BCUT2D eigenvalue weighted by atomic mass is 16.5. The Morgan fingerprint density at radius 1 is 0.636 bits per heavy atom. The van der Waals surface area contributed by atoms with Crippen LogP contribution in [-0.4, -0.2) is 16.7 Å². The third-order valence-corrected chi connectivity index (χ3v) is 6.29. The number of fused-ring (bicyclic) bond motifs is 4. The Kier molecular flexibility index (Phi) is 3.82. The lowest BCUT2D eigenvalue weighted by Crippen LogP contribution is -2.52. The summed E-state index contributed by atoms with van der Waals surface area (Å²) in [7, 11) is 0. The van der Waals surface area contributed by atoms with Gasteiger partial charge in [-0.3, -0.25) is 9.97 Å². The maximum Gasteiger partial charge on any atom is 0.261 e. The molecule has 0 spiro atoms. The second kappa shape index (κ2) is 6.98. The van der Waals surface area contributed by atoms with E-state index in [9.17, 15) is 0 Å². The fourth-order valence-electron chi connectivity index (χ4n) is 4.75. The topological polar surface area (TPSA) is 44.2 Å². The maximum atomic E-state index is 6.29. The van der Waals surface area contributed by atoms with Gasteiger partial charge >= 0.3 is 0 Å². The van der Waals surface area contributed by atoms with Gasteiger partial charge in [-0.25, -0.2) is 0 Å². The van der Waals surface area contributed by atoms with Gasteiger partial charge in [0.1, 0.15) is 17.3 Å². The van der Waals surface area contributed by atoms with E-state index in [0.717, 1.165) is 55.9 Å². The fraction of sp³-hybridized carbons (Fsp3) is 0. The summed E-state index contributed by atoms with van der Waals surface area (Å²) in [4.78, 5) is 8.31. The summed E-state index contributed by atoms with van der Waals surface area (Å²) in [6, 6.07) is 20.8. The van der Waals surface area contributed by atoms with E-state index in [1.807, 2.05) is 67.3 Å². The number of hydrogen-bond donors (Lipinski definition) is 0. The van der Waals surface area contributed by atoms with Crippen molar-refractivity contribution >= 4 is 17.6 Å². The molecule has 7 rings (SSSR count). The van der Waals surface area contributed by atoms with Crippen molar-refractivity contribution in [2.24, 2.45) is 0 Å². The van der Waals surface area contributed by atoms with Gasteiger partial charge in [-0.1, -0.05) is 30.0 Å². The first-order valence-corrected chi connectivity index (χ1v) is 10.8. The molecule has 4 aromatic rings. The number of benzene rings is 2. The minimum atomic E-state index is -0.0306. The largest absolute Gasteiger partial charge is 0.458 e. The minimum absolute atomic E-state index is 0.0306. The molecule has 4 heterocycles. The molecule has 2 aliphatic heterocycles. The molecule has 0 amide bonds. The summed E-state index contributed by atoms with van der Waals surface area (Å²) < 4.78 is 12.6. The van der Waals surface area contributed by atoms with Gasteiger partial charge in [-0.05, 0) is 75.3 Å². The van der Waals surface area contributed by atoms with Gasteiger partial charge in [0.05, 0.1) is 0 Å². The van der Waals surface area contributed by atoms with E-state index in [4.69, 9.17) is 9.47 Å². The van der Waals surface area contributed by atoms with Gasteiger partial charge in [0.2, 0.25) is 0 Å². The molecule has 2 aromatic carbocycles. The summed E-state index contributed by atoms with van der Waals surface area (Å²) in [5.74, 6) is 3.10. The number of ether oxygens (including phenoxy) is 2. The Balaban J connectivity index is 1.46. The van der Waals surface area contributed by atoms with Crippen LogP contribution in [0.15, 0.2) is 120 Å². The molecule has 0 radical (unpaired) electrons. The van der Waals surface area contributed by atoms with Crippen LogP contribution < -0.4 is 20.4 Å². The van der Waals surface area contributed by atoms with E-state index in [1.54, 1.807) is 0 Å². The molecular weight excluding hydrogens is 407 g/mol. The Morgan fingerprint density at radius 3 is 1.82 bits per heavy atom. The molecule has 0 atom stereocenters. The van der Waals surface area contributed by atoms with Crippen molar-refractivity contribution in [1.29, 1.82) is 0 Å². The fourth-order valence-corrected chi connectivity index (χ4v) is 4.75. The lowest BCUT2D eigenvalue weighted by Gasteiger charge is -2.34. The van der Waals surface area contributed by atoms with E-state index in [0.29, 0.717) is 5.76 Å². The first-order chi connectivity index (χ1) is 16.3. The zero-order valence-corrected chi connectivity index (χ0v) is 17.4. The predicted molar refractivity (Wildman–Crippen MR) is 128 cm³/mol. The van der Waals surface area contributed by atoms with Crippen molar-refractivity contribution in [3.8, 4) is 33.8 Å². The zero-order valence-electron chi connectivity index (χ0n) is 17.4. The standard InChI is InChI=1S/C28H15BN2O2/c1-2-26-28-27(3-1)33-25-7-5-21(19-10-14-31-15-11-19)17-23(25)29(28)22-16-20(4-6-24(22)32-26)18-8-12-30-13-9-18/h2,4-17H. The Hall–Kier alpha value is -4.56. The molecule has 33 heavy (non-hydrogen) atoms. The molecule has 0 saturated heterocycles. The van der Waals surface area contributed by atoms with Crippen LogP contribution >= 0.6 is 0 Å². The Labute approximate surface area is 191 Å². The summed E-state index contributed by atoms with van der Waals surface area (Å²) in [6.45, 7) is -0.0306. The highest BCUT2D eigenvalue weighted by molar-refractivity contribution is 6.93. The number of hydrogen-bond acceptors (Lipinski definition) is 4. The van der Waals surface area contributed by atoms with Crippen molar-refractivity contribution in [1.82, 2.24) is 9.97 Å². The highest BCUT2D eigenvalue weighted by Crippen LogP contribution is 2.37. The SMILES string of the molecule is C1=C=C2Oc3ccc(-c4ccncc4)cc3B3C2=C(C=1)Oc1ccc(-c2ccncc2)cc13. The number of rotatable bonds is 2. The lowest BCUT2D eigenvalue weighted by atomic mass is 9.33. The summed E-state index contributed by atoms with van der Waals surface area (Å²) >= 11 is 0. The van der Waals surface area contributed by atoms with Gasteiger partial charge in [-0.15, -0.1) is 0 Å². The summed E-state index contributed by atoms with van der Waals surface area (Å²) in [6.07, 6.45) is 9.09. The van der Waals surface area contributed by atoms with Gasteiger partial charge < -0.3 is 9.47 Å². The Morgan fingerprint density at radius 2 is 1.21 bits per heavy atom. The van der Waals surface area contributed by atoms with Crippen LogP contribution in [-0.2, 0) is 0 Å². The lowest BCUT2D eigenvalue weighted by molar-refractivity contribution is 0.409. The first-order valence-electron chi connectivity index (χ1n) is 10.8. The molecule has 5 heteroatoms. The van der Waals surface area contributed by atoms with E-state index in [1.165, 1.54) is 0 Å². The van der Waals surface area contributed by atoms with Crippen molar-refractivity contribution in [3.05, 3.63) is 120 Å². The van der Waals surface area contributed by atoms with Crippen LogP contribution in [0.1, 0.15) is 0 Å². The molecule has 0 unspecified atom stereocenters. The zero-order chi connectivity index (χ0) is 21.8. The molecule has 2 aromatic heterocycles. The molecule has 0 bridgehead atoms. The van der Waals surface area contributed by atoms with Crippen LogP contribution in [0.4, 0.5) is 0 Å². The van der Waals surface area contributed by atoms with E-state index >= 15 is 0 Å². The molecule has 152 valence electrons. The van der Waals surface area contributed by atoms with E-state index in [2.05, 4.69) is 45.7 Å². The van der Waals surface area contributed by atoms with Crippen molar-refractivity contribution in [3.63, 3.8) is 0 Å². The van der Waals surface area contributed by atoms with Gasteiger partial charge in [-0.2, -0.15) is 0 Å². The van der Waals surface area contributed by atoms with Crippen LogP contribution in [0.25, 0.3) is 22.3 Å². The van der Waals surface area contributed by atoms with E-state index in [-0.39, 0.29) is 6.71 Å². The van der Waals surface area contributed by atoms with E-state index < -0.39 is 0 Å². The summed E-state index contributed by atoms with van der Waals surface area (Å²) in [5.41, 5.74) is 13.9. The number of aromatic nitrogens is 2. The number of allylic oxidation sites excluding steroid dienone is 2. The second-order valence-corrected chi connectivity index (χ2v) is 8.13. The third-order valence-electron chi connectivity index (χ3n) is 6.29. The highest BCUT2D eigenvalue weighted by Gasteiger charge is 2.42. The first kappa shape index (κ1) is 18.1. The molecule has 1 aliphatic carbocycles. The second-order valence-electron chi connectivity index (χ2n) is 8.13. The van der Waals surface area contributed by atoms with Gasteiger partial charge in [0.15, 0.2) is 5.76 Å². The predicted octanol–water partition coefficient (Wildman–Crippen LogP) is 4.21. The molecule has 0 N–H and O–H groups in total. The smallest absolute Gasteiger partial charge is 0.261 e. The van der Waals surface area contributed by atoms with Crippen LogP contribution in [0.5, 0.6) is 11.5 Å². The minimum Gasteiger partial charge on any atom is -0.458 e. The average molecular weight is 422 g/mol. The van der Waals surface area contributed by atoms with Crippen molar-refractivity contribution in [2.45, 2.75) is 0 Å². The average Bonchev–Trinajstić information content (AvgIpc) is 2.89. The molecule has 0 saturated carbocycles. The summed E-state index contributed by atoms with van der Waals surface area (Å²) in [5, 5.41) is 0. The van der Waals surface area contributed by atoms with Gasteiger partial charge in [0.25, 0.3) is 6.71 Å². The monoisotopic (exact) mass is 422 g/mol. The Bertz CT molecular complexity index is 1580. The van der Waals surface area contributed by atoms with Crippen LogP contribution in [0.2, 0.25) is 0 Å². The molecule has 4 nitrogen and oxygen atoms in total. The van der Waals surface area contributed by atoms with Crippen molar-refractivity contribution < 1.29 is 9.47 Å².